The molecule has 2 aromatic carbocycles. The van der Waals surface area contributed by atoms with Crippen LogP contribution in [0.1, 0.15) is 18.1 Å². The molecule has 0 spiro atoms. The summed E-state index contributed by atoms with van der Waals surface area (Å²) in [6.07, 6.45) is -6.50. The van der Waals surface area contributed by atoms with Crippen LogP contribution in [0.5, 0.6) is 5.75 Å². The minimum absolute atomic E-state index is 0.160. The van der Waals surface area contributed by atoms with Gasteiger partial charge in [-0.2, -0.15) is 18.4 Å². The Kier molecular flexibility index (Phi) is 6.31. The molecule has 2 atom stereocenters. The number of nitriles is 1. The molecular formula is C18H16F3N3O5. The molecule has 0 amide bonds. The number of aliphatic hydroxyl groups excluding tert-OH is 1. The zero-order chi connectivity index (χ0) is 21.8. The monoisotopic (exact) mass is 411 g/mol. The van der Waals surface area contributed by atoms with Crippen LogP contribution < -0.4 is 10.1 Å². The molecule has 0 aliphatic heterocycles. The number of non-ortho nitro benzene ring substituents is 1. The molecule has 0 aliphatic rings. The number of halogens is 3. The summed E-state index contributed by atoms with van der Waals surface area (Å²) in [5, 5.41) is 42.3. The zero-order valence-electron chi connectivity index (χ0n) is 15.0. The Morgan fingerprint density at radius 1 is 1.28 bits per heavy atom. The molecule has 0 heterocycles. The highest BCUT2D eigenvalue weighted by Gasteiger charge is 2.35. The summed E-state index contributed by atoms with van der Waals surface area (Å²) in [7, 11) is 0. The third-order valence-corrected chi connectivity index (χ3v) is 3.92. The highest BCUT2D eigenvalue weighted by atomic mass is 19.4. The second-order valence-corrected chi connectivity index (χ2v) is 6.31. The van der Waals surface area contributed by atoms with Crippen molar-refractivity contribution in [3.63, 3.8) is 0 Å². The number of nitrogens with one attached hydrogen (secondary N) is 1. The normalized spacial score (nSPS) is 14.4. The van der Waals surface area contributed by atoms with Gasteiger partial charge in [0.1, 0.15) is 18.0 Å². The number of nitrogens with zero attached hydrogens (tertiary/aromatic N) is 2. The van der Waals surface area contributed by atoms with Crippen molar-refractivity contribution in [3.05, 3.63) is 63.7 Å². The quantitative estimate of drug-likeness (QED) is 0.363. The Hall–Kier alpha value is -3.36. The van der Waals surface area contributed by atoms with Crippen molar-refractivity contribution in [2.24, 2.45) is 0 Å². The van der Waals surface area contributed by atoms with E-state index in [9.17, 15) is 33.5 Å². The molecule has 0 bridgehead atoms. The van der Waals surface area contributed by atoms with Gasteiger partial charge in [0.05, 0.1) is 22.1 Å². The Morgan fingerprint density at radius 2 is 1.90 bits per heavy atom. The zero-order valence-corrected chi connectivity index (χ0v) is 15.0. The Labute approximate surface area is 162 Å². The summed E-state index contributed by atoms with van der Waals surface area (Å²) < 4.78 is 44.3. The van der Waals surface area contributed by atoms with E-state index in [1.807, 2.05) is 0 Å². The van der Waals surface area contributed by atoms with Gasteiger partial charge in [0, 0.05) is 17.8 Å². The first-order valence-electron chi connectivity index (χ1n) is 8.09. The van der Waals surface area contributed by atoms with Gasteiger partial charge < -0.3 is 20.3 Å². The first kappa shape index (κ1) is 21.9. The summed E-state index contributed by atoms with van der Waals surface area (Å²) in [5.41, 5.74) is -4.02. The Morgan fingerprint density at radius 3 is 2.41 bits per heavy atom. The molecule has 0 radical (unpaired) electrons. The second-order valence-electron chi connectivity index (χ2n) is 6.31. The van der Waals surface area contributed by atoms with E-state index in [-0.39, 0.29) is 17.1 Å². The lowest BCUT2D eigenvalue weighted by Crippen LogP contribution is -2.48. The number of hydrogen-bond donors (Lipinski definition) is 3. The van der Waals surface area contributed by atoms with Crippen LogP contribution in [0.3, 0.4) is 0 Å². The van der Waals surface area contributed by atoms with E-state index in [2.05, 4.69) is 5.32 Å². The first-order chi connectivity index (χ1) is 13.4. The average Bonchev–Trinajstić information content (AvgIpc) is 2.66. The summed E-state index contributed by atoms with van der Waals surface area (Å²) in [4.78, 5) is 10.0. The van der Waals surface area contributed by atoms with Gasteiger partial charge in [-0.3, -0.25) is 10.1 Å². The van der Waals surface area contributed by atoms with Crippen LogP contribution >= 0.6 is 0 Å². The summed E-state index contributed by atoms with van der Waals surface area (Å²) in [6.45, 7) is 0.714. The number of nitro benzene ring substituents is 1. The Bertz CT molecular complexity index is 924. The molecule has 29 heavy (non-hydrogen) atoms. The smallest absolute Gasteiger partial charge is 0.417 e. The number of anilines is 1. The van der Waals surface area contributed by atoms with Gasteiger partial charge in [-0.15, -0.1) is 0 Å². The van der Waals surface area contributed by atoms with E-state index < -0.39 is 40.7 Å². The minimum Gasteiger partial charge on any atom is -0.490 e. The lowest BCUT2D eigenvalue weighted by molar-refractivity contribution is -0.384. The van der Waals surface area contributed by atoms with E-state index in [4.69, 9.17) is 10.00 Å². The topological polar surface area (TPSA) is 129 Å². The second kappa shape index (κ2) is 8.34. The molecule has 11 heteroatoms. The number of ether oxygens (including phenoxy) is 1. The third-order valence-electron chi connectivity index (χ3n) is 3.92. The van der Waals surface area contributed by atoms with Crippen molar-refractivity contribution in [2.45, 2.75) is 24.9 Å². The van der Waals surface area contributed by atoms with E-state index in [0.29, 0.717) is 6.07 Å². The SMILES string of the molecule is C[C@](O)(COc1ccc([N+](=O)[O-])cc1)[C@@H](O)Nc1ccc(C#N)c(C(F)(F)F)c1. The molecule has 2 rings (SSSR count). The summed E-state index contributed by atoms with van der Waals surface area (Å²) >= 11 is 0. The van der Waals surface area contributed by atoms with Crippen molar-refractivity contribution in [1.82, 2.24) is 0 Å². The highest BCUT2D eigenvalue weighted by Crippen LogP contribution is 2.34. The van der Waals surface area contributed by atoms with Crippen molar-refractivity contribution in [2.75, 3.05) is 11.9 Å². The van der Waals surface area contributed by atoms with Crippen LogP contribution in [0.15, 0.2) is 42.5 Å². The Balaban J connectivity index is 2.08. The average molecular weight is 411 g/mol. The van der Waals surface area contributed by atoms with Crippen molar-refractivity contribution < 1.29 is 33.0 Å². The fourth-order valence-electron chi connectivity index (χ4n) is 2.25. The first-order valence-corrected chi connectivity index (χ1v) is 8.09. The standard InChI is InChI=1S/C18H16F3N3O5/c1-17(26,10-29-14-6-4-13(5-7-14)24(27)28)16(25)23-12-3-2-11(9-22)15(8-12)18(19,20)21/h2-8,16,23,25-26H,10H2,1H3/t16-,17+/m1/s1. The van der Waals surface area contributed by atoms with Crippen molar-refractivity contribution in [1.29, 1.82) is 5.26 Å². The maximum absolute atomic E-state index is 13.0. The summed E-state index contributed by atoms with van der Waals surface area (Å²) in [5.74, 6) is 0.181. The van der Waals surface area contributed by atoms with Gasteiger partial charge in [-0.1, -0.05) is 0 Å². The molecule has 0 fully saturated rings. The number of alkyl halides is 3. The molecule has 0 aromatic heterocycles. The van der Waals surface area contributed by atoms with E-state index >= 15 is 0 Å². The van der Waals surface area contributed by atoms with Crippen molar-refractivity contribution in [3.8, 4) is 11.8 Å². The van der Waals surface area contributed by atoms with Gasteiger partial charge in [0.25, 0.3) is 5.69 Å². The predicted octanol–water partition coefficient (Wildman–Crippen LogP) is 3.05. The molecule has 0 saturated carbocycles. The third kappa shape index (κ3) is 5.56. The van der Waals surface area contributed by atoms with Crippen LogP contribution in [0.25, 0.3) is 0 Å². The predicted molar refractivity (Wildman–Crippen MR) is 95.0 cm³/mol. The maximum Gasteiger partial charge on any atom is 0.417 e. The number of hydrogen-bond acceptors (Lipinski definition) is 7. The lowest BCUT2D eigenvalue weighted by atomic mass is 10.0. The fourth-order valence-corrected chi connectivity index (χ4v) is 2.25. The number of nitro groups is 1. The van der Waals surface area contributed by atoms with Crippen LogP contribution in [0.2, 0.25) is 0 Å². The van der Waals surface area contributed by atoms with Crippen LogP contribution in [0, 0.1) is 21.4 Å². The van der Waals surface area contributed by atoms with Crippen LogP contribution in [0.4, 0.5) is 24.5 Å². The molecule has 154 valence electrons. The number of benzene rings is 2. The van der Waals surface area contributed by atoms with Crippen LogP contribution in [-0.4, -0.2) is 33.6 Å². The van der Waals surface area contributed by atoms with Gasteiger partial charge in [0.15, 0.2) is 6.23 Å². The lowest BCUT2D eigenvalue weighted by Gasteiger charge is -2.30. The molecule has 0 aliphatic carbocycles. The van der Waals surface area contributed by atoms with E-state index in [0.717, 1.165) is 12.1 Å². The molecule has 0 unspecified atom stereocenters. The van der Waals surface area contributed by atoms with Gasteiger partial charge >= 0.3 is 6.18 Å². The van der Waals surface area contributed by atoms with Gasteiger partial charge in [-0.05, 0) is 37.3 Å². The van der Waals surface area contributed by atoms with Crippen LogP contribution in [-0.2, 0) is 6.18 Å². The number of aliphatic hydroxyl groups is 2. The minimum atomic E-state index is -4.77. The fraction of sp³-hybridized carbons (Fsp3) is 0.278. The highest BCUT2D eigenvalue weighted by molar-refractivity contribution is 5.53. The van der Waals surface area contributed by atoms with E-state index in [1.54, 1.807) is 0 Å². The molecular weight excluding hydrogens is 395 g/mol. The van der Waals surface area contributed by atoms with Gasteiger partial charge in [0.2, 0.25) is 0 Å². The van der Waals surface area contributed by atoms with Gasteiger partial charge in [-0.25, -0.2) is 0 Å². The molecule has 2 aromatic rings. The molecule has 0 saturated heterocycles. The molecule has 3 N–H and O–H groups in total. The number of rotatable bonds is 7. The largest absolute Gasteiger partial charge is 0.490 e. The van der Waals surface area contributed by atoms with Crippen molar-refractivity contribution >= 4 is 11.4 Å². The molecule has 8 nitrogen and oxygen atoms in total. The van der Waals surface area contributed by atoms with E-state index in [1.165, 1.54) is 37.3 Å². The summed E-state index contributed by atoms with van der Waals surface area (Å²) in [6, 6.07) is 9.16. The maximum atomic E-state index is 13.0.